The number of rotatable bonds is 6. The summed E-state index contributed by atoms with van der Waals surface area (Å²) in [5.41, 5.74) is 0.226. The van der Waals surface area contributed by atoms with Gasteiger partial charge in [0.15, 0.2) is 17.3 Å². The smallest absolute Gasteiger partial charge is 0.412 e. The largest absolute Gasteiger partial charge is 0.507 e. The van der Waals surface area contributed by atoms with Gasteiger partial charge in [-0.25, -0.2) is 4.79 Å². The molecular formula is C25H23NO8. The molecule has 9 nitrogen and oxygen atoms in total. The molecule has 9 heteroatoms. The number of fused-ring (bicyclic) bond motifs is 1. The van der Waals surface area contributed by atoms with E-state index in [1.807, 2.05) is 13.8 Å². The maximum absolute atomic E-state index is 13.2. The van der Waals surface area contributed by atoms with Crippen LogP contribution in [0.15, 0.2) is 59.7 Å². The Labute approximate surface area is 195 Å². The van der Waals surface area contributed by atoms with Gasteiger partial charge in [0.2, 0.25) is 0 Å². The molecule has 0 heterocycles. The van der Waals surface area contributed by atoms with Crippen molar-refractivity contribution < 1.29 is 38.9 Å². The highest BCUT2D eigenvalue weighted by Crippen LogP contribution is 2.36. The lowest BCUT2D eigenvalue weighted by atomic mass is 9.85. The van der Waals surface area contributed by atoms with Crippen molar-refractivity contribution in [1.29, 1.82) is 0 Å². The van der Waals surface area contributed by atoms with Crippen molar-refractivity contribution in [2.75, 3.05) is 5.32 Å². The fourth-order valence-electron chi connectivity index (χ4n) is 3.39. The second kappa shape index (κ2) is 10.0. The van der Waals surface area contributed by atoms with Crippen molar-refractivity contribution in [1.82, 2.24) is 0 Å². The quantitative estimate of drug-likeness (QED) is 0.248. The van der Waals surface area contributed by atoms with Crippen molar-refractivity contribution in [3.63, 3.8) is 0 Å². The van der Waals surface area contributed by atoms with Gasteiger partial charge in [0.05, 0.1) is 16.8 Å². The first kappa shape index (κ1) is 24.2. The highest BCUT2D eigenvalue weighted by Gasteiger charge is 2.35. The van der Waals surface area contributed by atoms with E-state index in [9.17, 15) is 29.4 Å². The van der Waals surface area contributed by atoms with E-state index in [0.29, 0.717) is 0 Å². The van der Waals surface area contributed by atoms with E-state index in [1.165, 1.54) is 19.1 Å². The molecule has 0 saturated heterocycles. The predicted molar refractivity (Wildman–Crippen MR) is 122 cm³/mol. The van der Waals surface area contributed by atoms with Crippen LogP contribution in [0.1, 0.15) is 47.9 Å². The van der Waals surface area contributed by atoms with Crippen molar-refractivity contribution in [3.05, 3.63) is 70.8 Å². The SMILES string of the molecule is CC(=O)Oc1ccccc1NC(=O)O[C@H](CC=C(C)C)C1=CC(=O)c2c(O)ccc(O)c2C1=O. The number of benzene rings is 2. The molecule has 1 aliphatic carbocycles. The van der Waals surface area contributed by atoms with Gasteiger partial charge >= 0.3 is 12.1 Å². The number of allylic oxidation sites excluding steroid dienone is 2. The summed E-state index contributed by atoms with van der Waals surface area (Å²) in [5.74, 6) is -2.85. The first-order valence-corrected chi connectivity index (χ1v) is 10.3. The van der Waals surface area contributed by atoms with Gasteiger partial charge in [-0.3, -0.25) is 19.7 Å². The number of phenolic OH excluding ortho intramolecular Hbond substituents is 2. The number of carbonyl (C=O) groups excluding carboxylic acids is 4. The minimum atomic E-state index is -1.18. The monoisotopic (exact) mass is 465 g/mol. The number of esters is 1. The van der Waals surface area contributed by atoms with Crippen LogP contribution in [0.5, 0.6) is 17.2 Å². The van der Waals surface area contributed by atoms with Gasteiger partial charge in [-0.05, 0) is 44.2 Å². The van der Waals surface area contributed by atoms with Crippen molar-refractivity contribution in [3.8, 4) is 17.2 Å². The number of ketones is 2. The second-order valence-electron chi connectivity index (χ2n) is 7.77. The summed E-state index contributed by atoms with van der Waals surface area (Å²) in [6.07, 6.45) is 0.649. The van der Waals surface area contributed by atoms with Crippen molar-refractivity contribution >= 4 is 29.3 Å². The van der Waals surface area contributed by atoms with Crippen LogP contribution in [0, 0.1) is 0 Å². The lowest BCUT2D eigenvalue weighted by Crippen LogP contribution is -2.30. The Balaban J connectivity index is 1.92. The first-order valence-electron chi connectivity index (χ1n) is 10.3. The first-order chi connectivity index (χ1) is 16.1. The van der Waals surface area contributed by atoms with Gasteiger partial charge in [-0.15, -0.1) is 0 Å². The van der Waals surface area contributed by atoms with Crippen LogP contribution >= 0.6 is 0 Å². The summed E-state index contributed by atoms with van der Waals surface area (Å²) in [6, 6.07) is 8.42. The fraction of sp³-hybridized carbons (Fsp3) is 0.200. The van der Waals surface area contributed by atoms with Gasteiger partial charge in [-0.1, -0.05) is 23.8 Å². The highest BCUT2D eigenvalue weighted by atomic mass is 16.6. The standard InChI is InChI=1S/C25H23NO8/c1-13(2)8-11-20(34-25(32)26-16-6-4-5-7-21(16)33-14(3)27)15-12-19(30)22-17(28)9-10-18(29)23(22)24(15)31/h4-10,12,20,28-29H,11H2,1-3H3,(H,26,32)/t20-/m1/s1. The van der Waals surface area contributed by atoms with E-state index in [2.05, 4.69) is 5.32 Å². The number of hydrogen-bond acceptors (Lipinski definition) is 8. The van der Waals surface area contributed by atoms with Gasteiger partial charge < -0.3 is 19.7 Å². The van der Waals surface area contributed by atoms with Crippen LogP contribution in [0.3, 0.4) is 0 Å². The average Bonchev–Trinajstić information content (AvgIpc) is 2.76. The van der Waals surface area contributed by atoms with E-state index in [0.717, 1.165) is 23.8 Å². The molecule has 1 aliphatic rings. The molecule has 0 unspecified atom stereocenters. The third kappa shape index (κ3) is 5.32. The van der Waals surface area contributed by atoms with Gasteiger partial charge in [0.25, 0.3) is 0 Å². The van der Waals surface area contributed by atoms with Gasteiger partial charge in [-0.2, -0.15) is 0 Å². The Hall–Kier alpha value is -4.40. The molecule has 0 bridgehead atoms. The van der Waals surface area contributed by atoms with Crippen LogP contribution in [-0.2, 0) is 9.53 Å². The number of para-hydroxylation sites is 2. The Morgan fingerprint density at radius 2 is 1.65 bits per heavy atom. The van der Waals surface area contributed by atoms with E-state index < -0.39 is 41.2 Å². The Bertz CT molecular complexity index is 1240. The number of carbonyl (C=O) groups is 4. The molecule has 2 aromatic rings. The Morgan fingerprint density at radius 1 is 1.00 bits per heavy atom. The topological polar surface area (TPSA) is 139 Å². The Kier molecular flexibility index (Phi) is 7.15. The zero-order valence-electron chi connectivity index (χ0n) is 18.7. The number of aromatic hydroxyl groups is 2. The number of Topliss-reactive ketones (excluding diaryl/α,β-unsaturated/α-hetero) is 1. The van der Waals surface area contributed by atoms with E-state index >= 15 is 0 Å². The molecule has 0 spiro atoms. The van der Waals surface area contributed by atoms with Crippen LogP contribution < -0.4 is 10.1 Å². The van der Waals surface area contributed by atoms with Crippen LogP contribution in [0.4, 0.5) is 10.5 Å². The lowest BCUT2D eigenvalue weighted by Gasteiger charge is -2.23. The number of anilines is 1. The molecule has 0 saturated carbocycles. The maximum atomic E-state index is 13.2. The molecule has 34 heavy (non-hydrogen) atoms. The molecule has 1 atom stereocenters. The maximum Gasteiger partial charge on any atom is 0.412 e. The molecule has 3 rings (SSSR count). The summed E-state index contributed by atoms with van der Waals surface area (Å²) in [5, 5.41) is 22.7. The summed E-state index contributed by atoms with van der Waals surface area (Å²) in [6.45, 7) is 4.84. The third-order valence-electron chi connectivity index (χ3n) is 4.90. The molecule has 2 aromatic carbocycles. The summed E-state index contributed by atoms with van der Waals surface area (Å²) < 4.78 is 10.5. The van der Waals surface area contributed by atoms with Crippen LogP contribution in [0.2, 0.25) is 0 Å². The lowest BCUT2D eigenvalue weighted by molar-refractivity contribution is -0.131. The van der Waals surface area contributed by atoms with Crippen molar-refractivity contribution in [2.24, 2.45) is 0 Å². The minimum absolute atomic E-state index is 0.0705. The van der Waals surface area contributed by atoms with Crippen molar-refractivity contribution in [2.45, 2.75) is 33.3 Å². The fourth-order valence-corrected chi connectivity index (χ4v) is 3.39. The molecule has 0 aromatic heterocycles. The third-order valence-corrected chi connectivity index (χ3v) is 4.90. The molecular weight excluding hydrogens is 442 g/mol. The molecule has 0 aliphatic heterocycles. The molecule has 3 N–H and O–H groups in total. The van der Waals surface area contributed by atoms with Crippen LogP contribution in [-0.4, -0.2) is 39.9 Å². The zero-order valence-corrected chi connectivity index (χ0v) is 18.7. The normalized spacial score (nSPS) is 13.3. The minimum Gasteiger partial charge on any atom is -0.507 e. The number of phenols is 2. The zero-order chi connectivity index (χ0) is 25.0. The van der Waals surface area contributed by atoms with E-state index in [1.54, 1.807) is 18.2 Å². The second-order valence-corrected chi connectivity index (χ2v) is 7.77. The van der Waals surface area contributed by atoms with E-state index in [4.69, 9.17) is 9.47 Å². The van der Waals surface area contributed by atoms with E-state index in [-0.39, 0.29) is 34.6 Å². The number of ether oxygens (including phenoxy) is 2. The molecule has 0 radical (unpaired) electrons. The predicted octanol–water partition coefficient (Wildman–Crippen LogP) is 4.30. The van der Waals surface area contributed by atoms with Crippen LogP contribution in [0.25, 0.3) is 0 Å². The molecule has 0 fully saturated rings. The van der Waals surface area contributed by atoms with Gasteiger partial charge in [0.1, 0.15) is 17.6 Å². The average molecular weight is 465 g/mol. The molecule has 176 valence electrons. The Morgan fingerprint density at radius 3 is 2.29 bits per heavy atom. The summed E-state index contributed by atoms with van der Waals surface area (Å²) in [7, 11) is 0. The number of hydrogen-bond donors (Lipinski definition) is 3. The summed E-state index contributed by atoms with van der Waals surface area (Å²) in [4.78, 5) is 49.8. The van der Waals surface area contributed by atoms with Gasteiger partial charge in [0, 0.05) is 18.9 Å². The summed E-state index contributed by atoms with van der Waals surface area (Å²) >= 11 is 0. The molecule has 1 amide bonds. The highest BCUT2D eigenvalue weighted by molar-refractivity contribution is 6.27. The number of nitrogens with one attached hydrogen (secondary N) is 1. The number of amides is 1.